The molecule has 0 spiro atoms. The molecular formula is C25H29F4N3O3. The molecule has 0 aliphatic carbocycles. The maximum atomic E-state index is 14.0. The molecule has 0 aromatic heterocycles. The van der Waals surface area contributed by atoms with E-state index in [1.54, 1.807) is 6.07 Å². The predicted molar refractivity (Wildman–Crippen MR) is 122 cm³/mol. The number of hydrogen-bond donors (Lipinski definition) is 3. The smallest absolute Gasteiger partial charge is 0.416 e. The maximum Gasteiger partial charge on any atom is 0.416 e. The first kappa shape index (κ1) is 26.5. The highest BCUT2D eigenvalue weighted by molar-refractivity contribution is 5.89. The molecule has 0 bridgehead atoms. The van der Waals surface area contributed by atoms with Crippen molar-refractivity contribution in [3.8, 4) is 5.75 Å². The summed E-state index contributed by atoms with van der Waals surface area (Å²) in [5, 5.41) is 8.71. The topological polar surface area (TPSA) is 79.5 Å². The van der Waals surface area contributed by atoms with E-state index in [4.69, 9.17) is 4.74 Å². The lowest BCUT2D eigenvalue weighted by atomic mass is 9.82. The van der Waals surface area contributed by atoms with Gasteiger partial charge >= 0.3 is 6.18 Å². The summed E-state index contributed by atoms with van der Waals surface area (Å²) >= 11 is 0. The molecule has 2 aromatic rings. The number of halogens is 4. The number of benzene rings is 2. The number of alkyl halides is 3. The minimum atomic E-state index is -4.46. The Morgan fingerprint density at radius 2 is 1.80 bits per heavy atom. The van der Waals surface area contributed by atoms with Gasteiger partial charge in [0.1, 0.15) is 0 Å². The van der Waals surface area contributed by atoms with Crippen LogP contribution in [-0.4, -0.2) is 31.1 Å². The third kappa shape index (κ3) is 6.72. The van der Waals surface area contributed by atoms with E-state index in [1.807, 2.05) is 20.8 Å². The Morgan fingerprint density at radius 1 is 1.14 bits per heavy atom. The van der Waals surface area contributed by atoms with Gasteiger partial charge in [-0.05, 0) is 40.8 Å². The highest BCUT2D eigenvalue weighted by Crippen LogP contribution is 2.35. The van der Waals surface area contributed by atoms with Crippen LogP contribution in [0.15, 0.2) is 42.5 Å². The summed E-state index contributed by atoms with van der Waals surface area (Å²) in [5.41, 5.74) is -0.181. The van der Waals surface area contributed by atoms with Crippen LogP contribution in [0.1, 0.15) is 49.9 Å². The number of carbonyl (C=O) groups excluding carboxylic acids is 2. The van der Waals surface area contributed by atoms with Crippen molar-refractivity contribution in [2.45, 2.75) is 58.0 Å². The zero-order valence-corrected chi connectivity index (χ0v) is 19.9. The maximum absolute atomic E-state index is 14.0. The molecule has 0 saturated carbocycles. The van der Waals surface area contributed by atoms with E-state index in [1.165, 1.54) is 31.4 Å². The Bertz CT molecular complexity index is 1070. The van der Waals surface area contributed by atoms with Crippen molar-refractivity contribution in [2.75, 3.05) is 7.11 Å². The van der Waals surface area contributed by atoms with Crippen molar-refractivity contribution in [3.05, 3.63) is 65.0 Å². The standard InChI is InChI=1S/C25H29F4N3O3/c1-24(2,3)22(15-6-8-16(9-7-15)25(27,28)29)32-23(34)18-13-21(33)31-20(30-18)12-14-5-10-19(35-4)17(26)11-14/h5-11,18,20,22,30H,12-13H2,1-4H3,(H,31,33)(H,32,34)/t18?,20?,22-/m0/s1. The van der Waals surface area contributed by atoms with Crippen LogP contribution in [0.25, 0.3) is 0 Å². The summed E-state index contributed by atoms with van der Waals surface area (Å²) in [6.07, 6.45) is -4.94. The molecule has 1 aliphatic heterocycles. The molecule has 1 heterocycles. The lowest BCUT2D eigenvalue weighted by Crippen LogP contribution is -2.61. The van der Waals surface area contributed by atoms with Crippen LogP contribution in [0.2, 0.25) is 0 Å². The van der Waals surface area contributed by atoms with Crippen molar-refractivity contribution in [3.63, 3.8) is 0 Å². The highest BCUT2D eigenvalue weighted by atomic mass is 19.4. The number of hydrogen-bond acceptors (Lipinski definition) is 4. The lowest BCUT2D eigenvalue weighted by molar-refractivity contribution is -0.137. The van der Waals surface area contributed by atoms with Gasteiger partial charge in [-0.2, -0.15) is 13.2 Å². The number of carbonyl (C=O) groups is 2. The zero-order valence-electron chi connectivity index (χ0n) is 19.9. The highest BCUT2D eigenvalue weighted by Gasteiger charge is 2.36. The summed E-state index contributed by atoms with van der Waals surface area (Å²) in [7, 11) is 1.36. The van der Waals surface area contributed by atoms with E-state index in [0.29, 0.717) is 11.1 Å². The van der Waals surface area contributed by atoms with Gasteiger partial charge in [-0.1, -0.05) is 39.0 Å². The van der Waals surface area contributed by atoms with Gasteiger partial charge in [-0.3, -0.25) is 14.9 Å². The van der Waals surface area contributed by atoms with Crippen LogP contribution < -0.4 is 20.7 Å². The number of ether oxygens (including phenoxy) is 1. The number of rotatable bonds is 6. The Morgan fingerprint density at radius 3 is 2.34 bits per heavy atom. The van der Waals surface area contributed by atoms with Crippen LogP contribution in [0.5, 0.6) is 5.75 Å². The van der Waals surface area contributed by atoms with Crippen LogP contribution in [0.4, 0.5) is 17.6 Å². The van der Waals surface area contributed by atoms with Gasteiger partial charge in [0.15, 0.2) is 11.6 Å². The third-order valence-corrected chi connectivity index (χ3v) is 5.82. The molecule has 2 amide bonds. The number of nitrogens with one attached hydrogen (secondary N) is 3. The second-order valence-electron chi connectivity index (χ2n) is 9.64. The minimum Gasteiger partial charge on any atom is -0.494 e. The summed E-state index contributed by atoms with van der Waals surface area (Å²) in [6.45, 7) is 5.58. The van der Waals surface area contributed by atoms with Gasteiger partial charge in [-0.15, -0.1) is 0 Å². The molecule has 6 nitrogen and oxygen atoms in total. The number of amides is 2. The summed E-state index contributed by atoms with van der Waals surface area (Å²) in [6, 6.07) is 7.65. The molecule has 1 saturated heterocycles. The van der Waals surface area contributed by atoms with Gasteiger partial charge in [0.05, 0.1) is 37.3 Å². The Balaban J connectivity index is 1.73. The van der Waals surface area contributed by atoms with Gasteiger partial charge in [0, 0.05) is 6.42 Å². The summed E-state index contributed by atoms with van der Waals surface area (Å²) in [5.74, 6) is -1.23. The lowest BCUT2D eigenvalue weighted by Gasteiger charge is -2.36. The van der Waals surface area contributed by atoms with Gasteiger partial charge in [0.2, 0.25) is 11.8 Å². The van der Waals surface area contributed by atoms with Crippen molar-refractivity contribution in [2.24, 2.45) is 5.41 Å². The molecule has 190 valence electrons. The van der Waals surface area contributed by atoms with Crippen molar-refractivity contribution < 1.29 is 31.9 Å². The van der Waals surface area contributed by atoms with E-state index in [9.17, 15) is 27.2 Å². The van der Waals surface area contributed by atoms with Gasteiger partial charge in [0.25, 0.3) is 0 Å². The number of methoxy groups -OCH3 is 1. The molecule has 35 heavy (non-hydrogen) atoms. The first-order valence-electron chi connectivity index (χ1n) is 11.1. The largest absolute Gasteiger partial charge is 0.494 e. The van der Waals surface area contributed by atoms with Crippen LogP contribution >= 0.6 is 0 Å². The fraction of sp³-hybridized carbons (Fsp3) is 0.440. The first-order chi connectivity index (χ1) is 16.3. The summed E-state index contributed by atoms with van der Waals surface area (Å²) in [4.78, 5) is 25.4. The average molecular weight is 496 g/mol. The Labute approximate surface area is 201 Å². The molecular weight excluding hydrogens is 466 g/mol. The second-order valence-corrected chi connectivity index (χ2v) is 9.64. The van der Waals surface area contributed by atoms with Crippen LogP contribution in [0, 0.1) is 11.2 Å². The summed E-state index contributed by atoms with van der Waals surface area (Å²) < 4.78 is 57.8. The van der Waals surface area contributed by atoms with Crippen molar-refractivity contribution >= 4 is 11.8 Å². The van der Waals surface area contributed by atoms with E-state index >= 15 is 0 Å². The SMILES string of the molecule is COc1ccc(CC2NC(=O)CC(C(=O)N[C@@H](c3ccc(C(F)(F)F)cc3)C(C)(C)C)N2)cc1F. The van der Waals surface area contributed by atoms with Crippen molar-refractivity contribution in [1.82, 2.24) is 16.0 Å². The Hall–Kier alpha value is -3.14. The molecule has 3 atom stereocenters. The normalized spacial score (nSPS) is 19.6. The fourth-order valence-corrected chi connectivity index (χ4v) is 4.04. The van der Waals surface area contributed by atoms with E-state index in [-0.39, 0.29) is 24.5 Å². The van der Waals surface area contributed by atoms with E-state index in [0.717, 1.165) is 12.1 Å². The van der Waals surface area contributed by atoms with Crippen LogP contribution in [-0.2, 0) is 22.2 Å². The molecule has 1 aliphatic rings. The average Bonchev–Trinajstić information content (AvgIpc) is 2.76. The molecule has 1 fully saturated rings. The van der Waals surface area contributed by atoms with E-state index in [2.05, 4.69) is 16.0 Å². The quantitative estimate of drug-likeness (QED) is 0.528. The minimum absolute atomic E-state index is 0.100. The van der Waals surface area contributed by atoms with Crippen molar-refractivity contribution in [1.29, 1.82) is 0 Å². The van der Waals surface area contributed by atoms with Gasteiger partial charge in [-0.25, -0.2) is 4.39 Å². The molecule has 0 radical (unpaired) electrons. The molecule has 3 rings (SSSR count). The molecule has 2 aromatic carbocycles. The van der Waals surface area contributed by atoms with Crippen LogP contribution in [0.3, 0.4) is 0 Å². The molecule has 3 N–H and O–H groups in total. The Kier molecular flexibility index (Phi) is 7.74. The fourth-order valence-electron chi connectivity index (χ4n) is 4.04. The molecule has 2 unspecified atom stereocenters. The zero-order chi connectivity index (χ0) is 26.0. The monoisotopic (exact) mass is 495 g/mol. The second kappa shape index (κ2) is 10.2. The third-order valence-electron chi connectivity index (χ3n) is 5.82. The molecule has 10 heteroatoms. The predicted octanol–water partition coefficient (Wildman–Crippen LogP) is 4.10. The van der Waals surface area contributed by atoms with E-state index < -0.39 is 47.1 Å². The van der Waals surface area contributed by atoms with Gasteiger partial charge < -0.3 is 15.4 Å². The first-order valence-corrected chi connectivity index (χ1v) is 11.1.